The molecule has 1 unspecified atom stereocenters. The molecule has 3 amide bonds. The van der Waals surface area contributed by atoms with Gasteiger partial charge in [0.25, 0.3) is 11.8 Å². The van der Waals surface area contributed by atoms with Gasteiger partial charge in [0.2, 0.25) is 5.91 Å². The minimum Gasteiger partial charge on any atom is -0.507 e. The lowest BCUT2D eigenvalue weighted by atomic mass is 10.1. The average molecular weight is 634 g/mol. The number of halogens is 2. The van der Waals surface area contributed by atoms with Crippen LogP contribution >= 0.6 is 23.4 Å². The molecule has 0 saturated heterocycles. The highest BCUT2D eigenvalue weighted by Gasteiger charge is 2.19. The molecular formula is C32H25ClFN3O6S. The first-order valence-electron chi connectivity index (χ1n) is 13.0. The summed E-state index contributed by atoms with van der Waals surface area (Å²) in [4.78, 5) is 50.7. The molecule has 0 aromatic heterocycles. The van der Waals surface area contributed by atoms with Gasteiger partial charge in [-0.05, 0) is 79.7 Å². The van der Waals surface area contributed by atoms with Gasteiger partial charge in [0.05, 0.1) is 10.3 Å². The van der Waals surface area contributed by atoms with Crippen molar-refractivity contribution in [3.63, 3.8) is 0 Å². The van der Waals surface area contributed by atoms with Crippen LogP contribution < -0.4 is 16.0 Å². The Labute approximate surface area is 260 Å². The summed E-state index contributed by atoms with van der Waals surface area (Å²) in [6.45, 7) is 1.66. The molecule has 0 heterocycles. The first-order valence-corrected chi connectivity index (χ1v) is 14.2. The molecule has 12 heteroatoms. The van der Waals surface area contributed by atoms with Gasteiger partial charge in [0, 0.05) is 27.4 Å². The van der Waals surface area contributed by atoms with Gasteiger partial charge in [-0.25, -0.2) is 9.18 Å². The number of carbonyl (C=O) groups is 4. The Balaban J connectivity index is 1.45. The van der Waals surface area contributed by atoms with Crippen molar-refractivity contribution in [2.24, 2.45) is 0 Å². The van der Waals surface area contributed by atoms with Gasteiger partial charge in [-0.2, -0.15) is 0 Å². The van der Waals surface area contributed by atoms with Crippen LogP contribution in [0.4, 0.5) is 15.8 Å². The molecule has 5 N–H and O–H groups in total. The number of aromatic carboxylic acids is 1. The first-order chi connectivity index (χ1) is 21.0. The number of aromatic hydroxyl groups is 1. The number of phenols is 1. The van der Waals surface area contributed by atoms with Crippen molar-refractivity contribution >= 4 is 64.5 Å². The van der Waals surface area contributed by atoms with Crippen LogP contribution in [0.1, 0.15) is 33.2 Å². The number of rotatable bonds is 10. The maximum atomic E-state index is 14.5. The zero-order chi connectivity index (χ0) is 31.8. The van der Waals surface area contributed by atoms with Crippen molar-refractivity contribution in [1.29, 1.82) is 0 Å². The number of carbonyl (C=O) groups excluding carboxylic acids is 3. The van der Waals surface area contributed by atoms with Gasteiger partial charge in [-0.3, -0.25) is 14.4 Å². The maximum absolute atomic E-state index is 14.5. The predicted molar refractivity (Wildman–Crippen MR) is 167 cm³/mol. The number of amides is 3. The molecule has 0 saturated carbocycles. The van der Waals surface area contributed by atoms with E-state index in [2.05, 4.69) is 16.0 Å². The maximum Gasteiger partial charge on any atom is 0.339 e. The SMILES string of the molecule is CC(Sc1ccc(NC(=O)/C(=C/c2c(F)cccc2Cl)NC(=O)c2ccccc2)cc1)C(=O)Nc1ccc(O)c(C(=O)O)c1. The van der Waals surface area contributed by atoms with Gasteiger partial charge in [0.1, 0.15) is 22.8 Å². The molecule has 4 aromatic rings. The second-order valence-corrected chi connectivity index (χ2v) is 11.1. The van der Waals surface area contributed by atoms with Gasteiger partial charge >= 0.3 is 5.97 Å². The monoisotopic (exact) mass is 633 g/mol. The fraction of sp³-hybridized carbons (Fsp3) is 0.0625. The third-order valence-corrected chi connectivity index (χ3v) is 7.55. The summed E-state index contributed by atoms with van der Waals surface area (Å²) >= 11 is 7.37. The zero-order valence-corrected chi connectivity index (χ0v) is 24.6. The van der Waals surface area contributed by atoms with Crippen LogP contribution in [0.2, 0.25) is 5.02 Å². The van der Waals surface area contributed by atoms with Gasteiger partial charge in [0.15, 0.2) is 0 Å². The number of benzene rings is 4. The minimum absolute atomic E-state index is 0.0523. The van der Waals surface area contributed by atoms with E-state index in [9.17, 15) is 28.7 Å². The van der Waals surface area contributed by atoms with Crippen molar-refractivity contribution < 1.29 is 33.8 Å². The molecule has 4 rings (SSSR count). The quantitative estimate of drug-likeness (QED) is 0.0771. The lowest BCUT2D eigenvalue weighted by Crippen LogP contribution is -2.30. The van der Waals surface area contributed by atoms with Crippen molar-refractivity contribution in [2.45, 2.75) is 17.1 Å². The van der Waals surface area contributed by atoms with Crippen LogP contribution in [0.25, 0.3) is 6.08 Å². The van der Waals surface area contributed by atoms with E-state index in [1.165, 1.54) is 42.1 Å². The molecule has 0 aliphatic carbocycles. The Morgan fingerprint density at radius 1 is 0.886 bits per heavy atom. The number of thioether (sulfide) groups is 1. The molecule has 0 aliphatic rings. The van der Waals surface area contributed by atoms with E-state index in [0.717, 1.165) is 12.1 Å². The molecule has 224 valence electrons. The van der Waals surface area contributed by atoms with E-state index >= 15 is 0 Å². The fourth-order valence-corrected chi connectivity index (χ4v) is 4.92. The van der Waals surface area contributed by atoms with Crippen LogP contribution in [-0.2, 0) is 9.59 Å². The smallest absolute Gasteiger partial charge is 0.339 e. The van der Waals surface area contributed by atoms with Crippen molar-refractivity contribution in [3.05, 3.63) is 124 Å². The highest BCUT2D eigenvalue weighted by molar-refractivity contribution is 8.00. The Bertz CT molecular complexity index is 1730. The molecule has 44 heavy (non-hydrogen) atoms. The first kappa shape index (κ1) is 31.8. The number of anilines is 2. The molecule has 0 fully saturated rings. The molecular weight excluding hydrogens is 609 g/mol. The number of carboxylic acids is 1. The number of nitrogens with one attached hydrogen (secondary N) is 3. The average Bonchev–Trinajstić information content (AvgIpc) is 3.00. The van der Waals surface area contributed by atoms with Crippen LogP contribution in [-0.4, -0.2) is 39.2 Å². The molecule has 9 nitrogen and oxygen atoms in total. The highest BCUT2D eigenvalue weighted by atomic mass is 35.5. The van der Waals surface area contributed by atoms with Crippen molar-refractivity contribution in [2.75, 3.05) is 10.6 Å². The lowest BCUT2D eigenvalue weighted by molar-refractivity contribution is -0.115. The number of hydrogen-bond acceptors (Lipinski definition) is 6. The van der Waals surface area contributed by atoms with Crippen molar-refractivity contribution in [3.8, 4) is 5.75 Å². The minimum atomic E-state index is -1.33. The topological polar surface area (TPSA) is 145 Å². The zero-order valence-electron chi connectivity index (χ0n) is 23.0. The standard InChI is InChI=1S/C32H25ClFN3O6S/c1-18(29(39)36-21-12-15-28(38)24(16-21)32(42)43)44-22-13-10-20(11-14-22)35-31(41)27(17-23-25(33)8-5-9-26(23)34)37-30(40)19-6-3-2-4-7-19/h2-18,38H,1H3,(H,35,41)(H,36,39)(H,37,40)(H,42,43)/b27-17-. The lowest BCUT2D eigenvalue weighted by Gasteiger charge is -2.14. The Kier molecular flexibility index (Phi) is 10.4. The third-order valence-electron chi connectivity index (χ3n) is 6.11. The highest BCUT2D eigenvalue weighted by Crippen LogP contribution is 2.27. The Hall–Kier alpha value is -5.13. The Morgan fingerprint density at radius 2 is 1.57 bits per heavy atom. The third kappa shape index (κ3) is 8.24. The summed E-state index contributed by atoms with van der Waals surface area (Å²) < 4.78 is 14.5. The summed E-state index contributed by atoms with van der Waals surface area (Å²) in [5.74, 6) is -4.12. The van der Waals surface area contributed by atoms with E-state index in [4.69, 9.17) is 16.7 Å². The van der Waals surface area contributed by atoms with E-state index in [0.29, 0.717) is 10.6 Å². The molecule has 0 aliphatic heterocycles. The molecule has 4 aromatic carbocycles. The van der Waals surface area contributed by atoms with Gasteiger partial charge in [-0.15, -0.1) is 11.8 Å². The summed E-state index contributed by atoms with van der Waals surface area (Å²) in [5.41, 5.74) is 0.221. The molecule has 1 atom stereocenters. The van der Waals surface area contributed by atoms with Crippen LogP contribution in [0, 0.1) is 5.82 Å². The van der Waals surface area contributed by atoms with Gasteiger partial charge < -0.3 is 26.2 Å². The predicted octanol–water partition coefficient (Wildman–Crippen LogP) is 6.41. The molecule has 0 spiro atoms. The summed E-state index contributed by atoms with van der Waals surface area (Å²) in [5, 5.41) is 26.1. The number of carboxylic acid groups (broad SMARTS) is 1. The van der Waals surface area contributed by atoms with E-state index in [1.807, 2.05) is 0 Å². The molecule has 0 bridgehead atoms. The van der Waals surface area contributed by atoms with Crippen LogP contribution in [0.5, 0.6) is 5.75 Å². The number of hydrogen-bond donors (Lipinski definition) is 5. The van der Waals surface area contributed by atoms with E-state index in [1.54, 1.807) is 61.5 Å². The van der Waals surface area contributed by atoms with Crippen molar-refractivity contribution in [1.82, 2.24) is 5.32 Å². The van der Waals surface area contributed by atoms with Gasteiger partial charge in [-0.1, -0.05) is 35.9 Å². The summed E-state index contributed by atoms with van der Waals surface area (Å²) in [6.07, 6.45) is 1.16. The Morgan fingerprint density at radius 3 is 2.23 bits per heavy atom. The van der Waals surface area contributed by atoms with E-state index in [-0.39, 0.29) is 33.1 Å². The second kappa shape index (κ2) is 14.4. The van der Waals surface area contributed by atoms with Crippen LogP contribution in [0.3, 0.4) is 0 Å². The largest absolute Gasteiger partial charge is 0.507 e. The second-order valence-electron chi connectivity index (χ2n) is 9.28. The van der Waals surface area contributed by atoms with Crippen LogP contribution in [0.15, 0.2) is 102 Å². The summed E-state index contributed by atoms with van der Waals surface area (Å²) in [7, 11) is 0. The fourth-order valence-electron chi connectivity index (χ4n) is 3.84. The summed E-state index contributed by atoms with van der Waals surface area (Å²) in [6, 6.07) is 22.5. The normalized spacial score (nSPS) is 11.8. The van der Waals surface area contributed by atoms with E-state index < -0.39 is 40.5 Å². The molecule has 0 radical (unpaired) electrons.